The summed E-state index contributed by atoms with van der Waals surface area (Å²) in [6.07, 6.45) is -0.255. The molecule has 0 radical (unpaired) electrons. The Kier molecular flexibility index (Phi) is 4.96. The Hall–Kier alpha value is -0.910. The van der Waals surface area contributed by atoms with Gasteiger partial charge in [0.05, 0.1) is 13.2 Å². The van der Waals surface area contributed by atoms with Gasteiger partial charge < -0.3 is 14.2 Å². The third kappa shape index (κ3) is 3.55. The smallest absolute Gasteiger partial charge is 0.169 e. The molecule has 0 bridgehead atoms. The monoisotopic (exact) mass is 328 g/mol. The topological polar surface area (TPSA) is 44.8 Å². The Morgan fingerprint density at radius 2 is 2.16 bits per heavy atom. The number of benzene rings is 1. The van der Waals surface area contributed by atoms with E-state index in [-0.39, 0.29) is 11.9 Å². The standard InChI is InChI=1S/C14H17BrO4/c1-9-3-4-10(15)7-12(9)19-13-8-11(16)14(13)18-6-5-17-2/h3-4,7,13-14H,5-6,8H2,1-2H3. The van der Waals surface area contributed by atoms with Crippen molar-refractivity contribution >= 4 is 21.7 Å². The van der Waals surface area contributed by atoms with Gasteiger partial charge in [-0.1, -0.05) is 22.0 Å². The van der Waals surface area contributed by atoms with Crippen molar-refractivity contribution in [3.63, 3.8) is 0 Å². The maximum absolute atomic E-state index is 11.5. The number of ketones is 1. The van der Waals surface area contributed by atoms with Crippen molar-refractivity contribution in [3.05, 3.63) is 28.2 Å². The average molecular weight is 329 g/mol. The number of hydrogen-bond donors (Lipinski definition) is 0. The minimum Gasteiger partial charge on any atom is -0.486 e. The number of hydrogen-bond acceptors (Lipinski definition) is 4. The average Bonchev–Trinajstić information content (AvgIpc) is 2.38. The van der Waals surface area contributed by atoms with E-state index in [1.807, 2.05) is 25.1 Å². The van der Waals surface area contributed by atoms with E-state index in [9.17, 15) is 4.79 Å². The fraction of sp³-hybridized carbons (Fsp3) is 0.500. The van der Waals surface area contributed by atoms with Crippen LogP contribution in [0.2, 0.25) is 0 Å². The predicted octanol–water partition coefficient (Wildman–Crippen LogP) is 2.51. The fourth-order valence-electron chi connectivity index (χ4n) is 1.89. The molecule has 19 heavy (non-hydrogen) atoms. The Balaban J connectivity index is 1.95. The van der Waals surface area contributed by atoms with Gasteiger partial charge in [-0.15, -0.1) is 0 Å². The van der Waals surface area contributed by atoms with Gasteiger partial charge in [-0.05, 0) is 24.6 Å². The molecule has 2 rings (SSSR count). The van der Waals surface area contributed by atoms with E-state index >= 15 is 0 Å². The van der Waals surface area contributed by atoms with Crippen LogP contribution in [0.4, 0.5) is 0 Å². The van der Waals surface area contributed by atoms with Crippen LogP contribution in [0.3, 0.4) is 0 Å². The van der Waals surface area contributed by atoms with Crippen LogP contribution in [0.5, 0.6) is 5.75 Å². The molecule has 1 aromatic rings. The molecular weight excluding hydrogens is 312 g/mol. The second-order valence-electron chi connectivity index (χ2n) is 4.52. The SMILES string of the molecule is COCCOC1C(=O)CC1Oc1cc(Br)ccc1C. The van der Waals surface area contributed by atoms with Crippen LogP contribution in [0, 0.1) is 6.92 Å². The molecule has 5 heteroatoms. The van der Waals surface area contributed by atoms with Crippen LogP contribution in [-0.2, 0) is 14.3 Å². The Labute approximate surface area is 121 Å². The maximum Gasteiger partial charge on any atom is 0.169 e. The summed E-state index contributed by atoms with van der Waals surface area (Å²) in [5, 5.41) is 0. The first kappa shape index (κ1) is 14.5. The highest BCUT2D eigenvalue weighted by Gasteiger charge is 2.42. The van der Waals surface area contributed by atoms with Gasteiger partial charge in [0.1, 0.15) is 11.9 Å². The van der Waals surface area contributed by atoms with E-state index in [2.05, 4.69) is 15.9 Å². The summed E-state index contributed by atoms with van der Waals surface area (Å²) < 4.78 is 17.2. The molecule has 0 N–H and O–H groups in total. The van der Waals surface area contributed by atoms with Crippen LogP contribution in [0.15, 0.2) is 22.7 Å². The number of ether oxygens (including phenoxy) is 3. The lowest BCUT2D eigenvalue weighted by Crippen LogP contribution is -2.52. The van der Waals surface area contributed by atoms with Crippen LogP contribution in [-0.4, -0.2) is 38.3 Å². The fourth-order valence-corrected chi connectivity index (χ4v) is 2.23. The summed E-state index contributed by atoms with van der Waals surface area (Å²) in [6.45, 7) is 2.86. The summed E-state index contributed by atoms with van der Waals surface area (Å²) in [6, 6.07) is 5.84. The predicted molar refractivity (Wildman–Crippen MR) is 74.5 cm³/mol. The van der Waals surface area contributed by atoms with Gasteiger partial charge in [0.25, 0.3) is 0 Å². The molecule has 1 aliphatic rings. The van der Waals surface area contributed by atoms with E-state index in [1.54, 1.807) is 7.11 Å². The summed E-state index contributed by atoms with van der Waals surface area (Å²) in [5.41, 5.74) is 1.04. The minimum absolute atomic E-state index is 0.0914. The molecule has 0 aliphatic heterocycles. The summed E-state index contributed by atoms with van der Waals surface area (Å²) in [7, 11) is 1.60. The molecule has 1 fully saturated rings. The molecule has 1 saturated carbocycles. The van der Waals surface area contributed by atoms with Crippen molar-refractivity contribution in [1.29, 1.82) is 0 Å². The van der Waals surface area contributed by atoms with Crippen molar-refractivity contribution in [2.75, 3.05) is 20.3 Å². The first-order valence-electron chi connectivity index (χ1n) is 6.18. The number of rotatable bonds is 6. The van der Waals surface area contributed by atoms with Gasteiger partial charge in [0.15, 0.2) is 11.9 Å². The van der Waals surface area contributed by atoms with Crippen molar-refractivity contribution in [1.82, 2.24) is 0 Å². The minimum atomic E-state index is -0.464. The lowest BCUT2D eigenvalue weighted by molar-refractivity contribution is -0.156. The normalized spacial score (nSPS) is 22.2. The molecule has 1 aromatic carbocycles. The largest absolute Gasteiger partial charge is 0.486 e. The highest BCUT2D eigenvalue weighted by molar-refractivity contribution is 9.10. The molecule has 0 amide bonds. The number of halogens is 1. The molecule has 0 spiro atoms. The molecule has 2 atom stereocenters. The van der Waals surface area contributed by atoms with Gasteiger partial charge in [0.2, 0.25) is 0 Å². The van der Waals surface area contributed by atoms with Crippen molar-refractivity contribution in [2.45, 2.75) is 25.6 Å². The molecule has 104 valence electrons. The number of carbonyl (C=O) groups excluding carboxylic acids is 1. The first-order valence-corrected chi connectivity index (χ1v) is 6.97. The molecule has 1 aliphatic carbocycles. The third-order valence-corrected chi connectivity index (χ3v) is 3.56. The summed E-state index contributed by atoms with van der Waals surface area (Å²) in [4.78, 5) is 11.5. The van der Waals surface area contributed by atoms with Gasteiger partial charge >= 0.3 is 0 Å². The second-order valence-corrected chi connectivity index (χ2v) is 5.44. The highest BCUT2D eigenvalue weighted by Crippen LogP contribution is 2.29. The maximum atomic E-state index is 11.5. The molecular formula is C14H17BrO4. The molecule has 4 nitrogen and oxygen atoms in total. The van der Waals surface area contributed by atoms with Crippen LogP contribution in [0.25, 0.3) is 0 Å². The molecule has 0 heterocycles. The molecule has 0 aromatic heterocycles. The van der Waals surface area contributed by atoms with E-state index in [0.717, 1.165) is 15.8 Å². The van der Waals surface area contributed by atoms with Crippen LogP contribution in [0.1, 0.15) is 12.0 Å². The van der Waals surface area contributed by atoms with Crippen molar-refractivity contribution in [3.8, 4) is 5.75 Å². The Morgan fingerprint density at radius 3 is 2.84 bits per heavy atom. The van der Waals surface area contributed by atoms with Gasteiger partial charge in [0, 0.05) is 18.0 Å². The number of methoxy groups -OCH3 is 1. The summed E-state index contributed by atoms with van der Waals surface area (Å²) >= 11 is 3.41. The van der Waals surface area contributed by atoms with E-state index < -0.39 is 6.10 Å². The zero-order chi connectivity index (χ0) is 13.8. The number of aryl methyl sites for hydroxylation is 1. The van der Waals surface area contributed by atoms with Gasteiger partial charge in [-0.3, -0.25) is 4.79 Å². The van der Waals surface area contributed by atoms with Gasteiger partial charge in [-0.2, -0.15) is 0 Å². The number of carbonyl (C=O) groups is 1. The van der Waals surface area contributed by atoms with Crippen LogP contribution >= 0.6 is 15.9 Å². The van der Waals surface area contributed by atoms with Gasteiger partial charge in [-0.25, -0.2) is 0 Å². The molecule has 2 unspecified atom stereocenters. The zero-order valence-corrected chi connectivity index (χ0v) is 12.6. The lowest BCUT2D eigenvalue weighted by atomic mass is 9.90. The Bertz CT molecular complexity index is 461. The van der Waals surface area contributed by atoms with Crippen molar-refractivity contribution in [2.24, 2.45) is 0 Å². The summed E-state index contributed by atoms with van der Waals surface area (Å²) in [5.74, 6) is 0.876. The van der Waals surface area contributed by atoms with E-state index in [4.69, 9.17) is 14.2 Å². The Morgan fingerprint density at radius 1 is 1.37 bits per heavy atom. The highest BCUT2D eigenvalue weighted by atomic mass is 79.9. The quantitative estimate of drug-likeness (QED) is 0.753. The van der Waals surface area contributed by atoms with E-state index in [1.165, 1.54) is 0 Å². The van der Waals surface area contributed by atoms with Crippen LogP contribution < -0.4 is 4.74 Å². The van der Waals surface area contributed by atoms with E-state index in [0.29, 0.717) is 19.6 Å². The third-order valence-electron chi connectivity index (χ3n) is 3.07. The number of Topliss-reactive ketones (excluding diaryl/α,β-unsaturated/α-hetero) is 1. The zero-order valence-electron chi connectivity index (χ0n) is 11.0. The van der Waals surface area contributed by atoms with Crippen molar-refractivity contribution < 1.29 is 19.0 Å². The molecule has 0 saturated heterocycles. The lowest BCUT2D eigenvalue weighted by Gasteiger charge is -2.35. The second kappa shape index (κ2) is 6.50. The first-order chi connectivity index (χ1) is 9.11.